The maximum Gasteiger partial charge on any atom is 0.0129 e. The van der Waals surface area contributed by atoms with E-state index in [0.717, 1.165) is 30.3 Å². The van der Waals surface area contributed by atoms with Gasteiger partial charge in [-0.25, -0.2) is 0 Å². The number of nitrogens with one attached hydrogen (secondary N) is 1. The van der Waals surface area contributed by atoms with Gasteiger partial charge in [0.25, 0.3) is 0 Å². The lowest BCUT2D eigenvalue weighted by molar-refractivity contribution is 0.0367. The van der Waals surface area contributed by atoms with Crippen molar-refractivity contribution in [1.82, 2.24) is 5.32 Å². The van der Waals surface area contributed by atoms with E-state index < -0.39 is 0 Å². The summed E-state index contributed by atoms with van der Waals surface area (Å²) in [5.74, 6) is 3.16. The first-order chi connectivity index (χ1) is 5.88. The Bertz CT molecular complexity index is 155. The van der Waals surface area contributed by atoms with Crippen LogP contribution in [0.2, 0.25) is 0 Å². The van der Waals surface area contributed by atoms with Gasteiger partial charge >= 0.3 is 0 Å². The summed E-state index contributed by atoms with van der Waals surface area (Å²) in [6.45, 7) is 5.74. The van der Waals surface area contributed by atoms with Crippen molar-refractivity contribution in [1.29, 1.82) is 0 Å². The monoisotopic (exact) mass is 167 g/mol. The number of hydrogen-bond acceptors (Lipinski definition) is 1. The van der Waals surface area contributed by atoms with E-state index in [1.54, 1.807) is 0 Å². The largest absolute Gasteiger partial charge is 0.314 e. The Hall–Kier alpha value is -0.0400. The summed E-state index contributed by atoms with van der Waals surface area (Å²) in [5.41, 5.74) is 0. The standard InChI is InChI=1S/C11H21N/c1-3-8-9-6-5-7-10(9)11(8)12-4-2/h8-12H,3-7H2,1-2H3. The molecule has 1 nitrogen and oxygen atoms in total. The Kier molecular flexibility index (Phi) is 2.40. The van der Waals surface area contributed by atoms with Crippen molar-refractivity contribution in [2.75, 3.05) is 6.54 Å². The molecular formula is C11H21N. The smallest absolute Gasteiger partial charge is 0.0129 e. The van der Waals surface area contributed by atoms with Crippen LogP contribution < -0.4 is 5.32 Å². The van der Waals surface area contributed by atoms with Crippen molar-refractivity contribution in [2.24, 2.45) is 17.8 Å². The van der Waals surface area contributed by atoms with Crippen LogP contribution in [-0.2, 0) is 0 Å². The third kappa shape index (κ3) is 1.10. The second-order valence-electron chi connectivity index (χ2n) is 4.41. The fourth-order valence-corrected chi connectivity index (χ4v) is 3.53. The van der Waals surface area contributed by atoms with Crippen LogP contribution in [0.5, 0.6) is 0 Å². The van der Waals surface area contributed by atoms with Crippen LogP contribution >= 0.6 is 0 Å². The molecule has 1 N–H and O–H groups in total. The Morgan fingerprint density at radius 3 is 2.58 bits per heavy atom. The lowest BCUT2D eigenvalue weighted by Crippen LogP contribution is -2.56. The van der Waals surface area contributed by atoms with Crippen LogP contribution in [0.25, 0.3) is 0 Å². The zero-order valence-electron chi connectivity index (χ0n) is 8.34. The van der Waals surface area contributed by atoms with Gasteiger partial charge in [0.05, 0.1) is 0 Å². The highest BCUT2D eigenvalue weighted by Crippen LogP contribution is 2.52. The average Bonchev–Trinajstić information content (AvgIpc) is 2.46. The third-order valence-electron chi connectivity index (χ3n) is 4.01. The molecule has 0 aromatic heterocycles. The van der Waals surface area contributed by atoms with Crippen molar-refractivity contribution in [2.45, 2.75) is 45.6 Å². The number of hydrogen-bond donors (Lipinski definition) is 1. The molecule has 70 valence electrons. The molecule has 0 bridgehead atoms. The average molecular weight is 167 g/mol. The fourth-order valence-electron chi connectivity index (χ4n) is 3.53. The highest BCUT2D eigenvalue weighted by molar-refractivity contribution is 5.03. The van der Waals surface area contributed by atoms with Crippen LogP contribution in [0.4, 0.5) is 0 Å². The van der Waals surface area contributed by atoms with Gasteiger partial charge in [-0.1, -0.05) is 26.7 Å². The predicted molar refractivity (Wildman–Crippen MR) is 52.1 cm³/mol. The predicted octanol–water partition coefficient (Wildman–Crippen LogP) is 2.42. The molecule has 2 saturated carbocycles. The molecule has 4 atom stereocenters. The summed E-state index contributed by atoms with van der Waals surface area (Å²) in [5, 5.41) is 3.65. The van der Waals surface area contributed by atoms with Gasteiger partial charge in [-0.15, -0.1) is 0 Å². The van der Waals surface area contributed by atoms with E-state index in [4.69, 9.17) is 0 Å². The van der Waals surface area contributed by atoms with E-state index in [0.29, 0.717) is 0 Å². The summed E-state index contributed by atoms with van der Waals surface area (Å²) in [6, 6.07) is 0.882. The summed E-state index contributed by atoms with van der Waals surface area (Å²) < 4.78 is 0. The lowest BCUT2D eigenvalue weighted by Gasteiger charge is -2.49. The van der Waals surface area contributed by atoms with Gasteiger partial charge in [-0.3, -0.25) is 0 Å². The molecule has 2 fully saturated rings. The van der Waals surface area contributed by atoms with Crippen molar-refractivity contribution in [3.05, 3.63) is 0 Å². The SMILES string of the molecule is CCNC1C(CC)C2CCCC21. The summed E-state index contributed by atoms with van der Waals surface area (Å²) in [7, 11) is 0. The first-order valence-corrected chi connectivity index (χ1v) is 5.61. The van der Waals surface area contributed by atoms with Crippen LogP contribution in [0.15, 0.2) is 0 Å². The summed E-state index contributed by atoms with van der Waals surface area (Å²) in [6.07, 6.45) is 5.90. The van der Waals surface area contributed by atoms with Crippen molar-refractivity contribution >= 4 is 0 Å². The minimum Gasteiger partial charge on any atom is -0.314 e. The molecule has 2 rings (SSSR count). The molecule has 0 saturated heterocycles. The second-order valence-corrected chi connectivity index (χ2v) is 4.41. The molecule has 0 aromatic rings. The zero-order chi connectivity index (χ0) is 8.55. The first kappa shape index (κ1) is 8.55. The van der Waals surface area contributed by atoms with Gasteiger partial charge in [-0.2, -0.15) is 0 Å². The third-order valence-corrected chi connectivity index (χ3v) is 4.01. The fraction of sp³-hybridized carbons (Fsp3) is 1.00. The highest BCUT2D eigenvalue weighted by atomic mass is 15.0. The van der Waals surface area contributed by atoms with E-state index in [1.165, 1.54) is 25.7 Å². The maximum absolute atomic E-state index is 3.65. The summed E-state index contributed by atoms with van der Waals surface area (Å²) >= 11 is 0. The van der Waals surface area contributed by atoms with E-state index in [-0.39, 0.29) is 0 Å². The van der Waals surface area contributed by atoms with Crippen LogP contribution in [0.3, 0.4) is 0 Å². The maximum atomic E-state index is 3.65. The molecule has 0 amide bonds. The topological polar surface area (TPSA) is 12.0 Å². The van der Waals surface area contributed by atoms with Gasteiger partial charge < -0.3 is 5.32 Å². The number of fused-ring (bicyclic) bond motifs is 1. The van der Waals surface area contributed by atoms with Crippen LogP contribution in [0, 0.1) is 17.8 Å². The van der Waals surface area contributed by atoms with E-state index in [2.05, 4.69) is 19.2 Å². The van der Waals surface area contributed by atoms with Crippen LogP contribution in [-0.4, -0.2) is 12.6 Å². The van der Waals surface area contributed by atoms with Gasteiger partial charge in [0.1, 0.15) is 0 Å². The highest BCUT2D eigenvalue weighted by Gasteiger charge is 2.50. The molecule has 4 unspecified atom stereocenters. The van der Waals surface area contributed by atoms with E-state index in [9.17, 15) is 0 Å². The zero-order valence-corrected chi connectivity index (χ0v) is 8.34. The Balaban J connectivity index is 1.94. The van der Waals surface area contributed by atoms with Crippen molar-refractivity contribution in [3.63, 3.8) is 0 Å². The first-order valence-electron chi connectivity index (χ1n) is 5.61. The van der Waals surface area contributed by atoms with E-state index >= 15 is 0 Å². The second kappa shape index (κ2) is 3.37. The lowest BCUT2D eigenvalue weighted by atomic mass is 9.61. The molecule has 0 spiro atoms. The van der Waals surface area contributed by atoms with Crippen LogP contribution in [0.1, 0.15) is 39.5 Å². The van der Waals surface area contributed by atoms with Crippen molar-refractivity contribution < 1.29 is 0 Å². The minimum absolute atomic E-state index is 0.882. The summed E-state index contributed by atoms with van der Waals surface area (Å²) in [4.78, 5) is 0. The molecule has 2 aliphatic carbocycles. The molecule has 0 radical (unpaired) electrons. The van der Waals surface area contributed by atoms with Crippen molar-refractivity contribution in [3.8, 4) is 0 Å². The Labute approximate surface area is 75.9 Å². The van der Waals surface area contributed by atoms with Gasteiger partial charge in [0, 0.05) is 6.04 Å². The van der Waals surface area contributed by atoms with Gasteiger partial charge in [0.15, 0.2) is 0 Å². The molecule has 2 aliphatic rings. The Morgan fingerprint density at radius 2 is 1.92 bits per heavy atom. The molecule has 0 aromatic carbocycles. The molecule has 0 aliphatic heterocycles. The van der Waals surface area contributed by atoms with Gasteiger partial charge in [-0.05, 0) is 37.1 Å². The molecule has 12 heavy (non-hydrogen) atoms. The minimum atomic E-state index is 0.882. The van der Waals surface area contributed by atoms with E-state index in [1.807, 2.05) is 0 Å². The molecule has 1 heteroatoms. The quantitative estimate of drug-likeness (QED) is 0.680. The molecule has 0 heterocycles. The normalized spacial score (nSPS) is 45.5. The Morgan fingerprint density at radius 1 is 1.17 bits per heavy atom. The van der Waals surface area contributed by atoms with Gasteiger partial charge in [0.2, 0.25) is 0 Å². The molecular weight excluding hydrogens is 146 g/mol. The number of rotatable bonds is 3.